The van der Waals surface area contributed by atoms with Crippen LogP contribution in [-0.4, -0.2) is 61.2 Å². The number of aromatic nitrogens is 5. The van der Waals surface area contributed by atoms with Crippen molar-refractivity contribution >= 4 is 16.9 Å². The second-order valence-electron chi connectivity index (χ2n) is 8.01. The van der Waals surface area contributed by atoms with Crippen LogP contribution in [0, 0.1) is 5.95 Å². The Labute approximate surface area is 190 Å². The van der Waals surface area contributed by atoms with E-state index in [0.717, 1.165) is 29.8 Å². The van der Waals surface area contributed by atoms with E-state index >= 15 is 0 Å². The molecule has 9 heteroatoms. The predicted molar refractivity (Wildman–Crippen MR) is 121 cm³/mol. The highest BCUT2D eigenvalue weighted by molar-refractivity contribution is 5.97. The maximum absolute atomic E-state index is 13.7. The lowest BCUT2D eigenvalue weighted by Crippen LogP contribution is -2.40. The molecule has 0 atom stereocenters. The van der Waals surface area contributed by atoms with Gasteiger partial charge in [0.15, 0.2) is 5.82 Å². The normalized spacial score (nSPS) is 14.2. The zero-order chi connectivity index (χ0) is 22.8. The molecule has 1 aromatic carbocycles. The van der Waals surface area contributed by atoms with Crippen molar-refractivity contribution in [3.8, 4) is 11.5 Å². The first-order valence-electron chi connectivity index (χ1n) is 11.1. The van der Waals surface area contributed by atoms with Gasteiger partial charge in [-0.1, -0.05) is 13.0 Å². The Morgan fingerprint density at radius 3 is 2.79 bits per heavy atom. The molecule has 1 saturated heterocycles. The lowest BCUT2D eigenvalue weighted by Gasteiger charge is -2.26. The molecule has 0 radical (unpaired) electrons. The van der Waals surface area contributed by atoms with Crippen LogP contribution in [0.3, 0.4) is 0 Å². The highest BCUT2D eigenvalue weighted by atomic mass is 19.1. The fourth-order valence-electron chi connectivity index (χ4n) is 4.20. The van der Waals surface area contributed by atoms with Crippen molar-refractivity contribution in [3.63, 3.8) is 0 Å². The number of aryl methyl sites for hydroxylation is 1. The van der Waals surface area contributed by atoms with Crippen molar-refractivity contribution < 1.29 is 13.9 Å². The number of carbonyl (C=O) groups is 1. The van der Waals surface area contributed by atoms with Gasteiger partial charge < -0.3 is 18.8 Å². The molecule has 4 aromatic rings. The number of rotatable bonds is 6. The van der Waals surface area contributed by atoms with Gasteiger partial charge in [0, 0.05) is 37.6 Å². The summed E-state index contributed by atoms with van der Waals surface area (Å²) in [5.41, 5.74) is 2.89. The largest absolute Gasteiger partial charge is 0.378 e. The van der Waals surface area contributed by atoms with Crippen LogP contribution in [0.15, 0.2) is 48.8 Å². The third kappa shape index (κ3) is 4.23. The quantitative estimate of drug-likeness (QED) is 0.423. The van der Waals surface area contributed by atoms with Gasteiger partial charge in [-0.3, -0.25) is 4.79 Å². The summed E-state index contributed by atoms with van der Waals surface area (Å²) in [4.78, 5) is 28.0. The zero-order valence-corrected chi connectivity index (χ0v) is 18.4. The van der Waals surface area contributed by atoms with Crippen LogP contribution in [0.1, 0.15) is 29.5 Å². The fraction of sp³-hybridized carbons (Fsp3) is 0.333. The van der Waals surface area contributed by atoms with Crippen molar-refractivity contribution in [2.75, 3.05) is 26.3 Å². The van der Waals surface area contributed by atoms with Crippen molar-refractivity contribution in [1.29, 1.82) is 0 Å². The minimum atomic E-state index is -0.544. The van der Waals surface area contributed by atoms with Gasteiger partial charge in [-0.2, -0.15) is 4.39 Å². The Balaban J connectivity index is 1.50. The molecule has 4 heterocycles. The molecule has 8 nitrogen and oxygen atoms in total. The maximum Gasteiger partial charge on any atom is 0.254 e. The smallest absolute Gasteiger partial charge is 0.254 e. The van der Waals surface area contributed by atoms with Gasteiger partial charge in [-0.25, -0.2) is 15.0 Å². The average molecular weight is 449 g/mol. The van der Waals surface area contributed by atoms with E-state index in [1.165, 1.54) is 6.07 Å². The minimum Gasteiger partial charge on any atom is -0.378 e. The topological polar surface area (TPSA) is 78.1 Å². The molecule has 170 valence electrons. The number of ether oxygens (including phenoxy) is 1. The van der Waals surface area contributed by atoms with Gasteiger partial charge in [0.05, 0.1) is 30.8 Å². The van der Waals surface area contributed by atoms with Gasteiger partial charge in [0.25, 0.3) is 5.91 Å². The van der Waals surface area contributed by atoms with E-state index in [9.17, 15) is 9.18 Å². The molecule has 1 fully saturated rings. The monoisotopic (exact) mass is 448 g/mol. The molecule has 1 aliphatic rings. The molecule has 0 N–H and O–H groups in total. The molecule has 0 spiro atoms. The van der Waals surface area contributed by atoms with Crippen LogP contribution in [0.4, 0.5) is 4.39 Å². The molecule has 0 saturated carbocycles. The number of fused-ring (bicyclic) bond motifs is 1. The number of halogens is 1. The zero-order valence-electron chi connectivity index (χ0n) is 18.4. The summed E-state index contributed by atoms with van der Waals surface area (Å²) in [6, 6.07) is 10.3. The molecular weight excluding hydrogens is 423 g/mol. The van der Waals surface area contributed by atoms with Gasteiger partial charge in [-0.15, -0.1) is 0 Å². The predicted octanol–water partition coefficient (Wildman–Crippen LogP) is 3.36. The summed E-state index contributed by atoms with van der Waals surface area (Å²) in [6.45, 7) is 5.68. The van der Waals surface area contributed by atoms with Crippen LogP contribution in [0.25, 0.3) is 22.6 Å². The van der Waals surface area contributed by atoms with Crippen LogP contribution >= 0.6 is 0 Å². The summed E-state index contributed by atoms with van der Waals surface area (Å²) >= 11 is 0. The van der Waals surface area contributed by atoms with E-state index in [-0.39, 0.29) is 5.91 Å². The third-order valence-corrected chi connectivity index (χ3v) is 5.79. The van der Waals surface area contributed by atoms with Crippen LogP contribution in [0.2, 0.25) is 0 Å². The number of amides is 1. The first kappa shape index (κ1) is 21.3. The number of pyridine rings is 1. The summed E-state index contributed by atoms with van der Waals surface area (Å²) < 4.78 is 23.1. The van der Waals surface area contributed by atoms with Crippen molar-refractivity contribution in [3.05, 3.63) is 66.1 Å². The molecule has 1 amide bonds. The molecule has 0 bridgehead atoms. The van der Waals surface area contributed by atoms with E-state index in [4.69, 9.17) is 9.72 Å². The van der Waals surface area contributed by atoms with E-state index < -0.39 is 5.95 Å². The van der Waals surface area contributed by atoms with Crippen LogP contribution in [0.5, 0.6) is 0 Å². The summed E-state index contributed by atoms with van der Waals surface area (Å²) in [6.07, 6.45) is 4.43. The number of carbonyl (C=O) groups excluding carboxylic acids is 1. The molecule has 0 unspecified atom stereocenters. The SMILES string of the molecule is CCCn1c(Cn2ccnc2-c2cccc(F)n2)nc2ccc(C(=O)N3CCOCC3)cc21. The third-order valence-electron chi connectivity index (χ3n) is 5.79. The first-order valence-corrected chi connectivity index (χ1v) is 11.1. The first-order chi connectivity index (χ1) is 16.1. The summed E-state index contributed by atoms with van der Waals surface area (Å²) in [5.74, 6) is 0.893. The average Bonchev–Trinajstić information content (AvgIpc) is 3.44. The number of nitrogens with zero attached hydrogens (tertiary/aromatic N) is 6. The Bertz CT molecular complexity index is 1290. The number of imidazole rings is 2. The van der Waals surface area contributed by atoms with Gasteiger partial charge >= 0.3 is 0 Å². The molecular formula is C24H25FN6O2. The second kappa shape index (κ2) is 9.11. The summed E-state index contributed by atoms with van der Waals surface area (Å²) in [5, 5.41) is 0. The Hall–Kier alpha value is -3.59. The lowest BCUT2D eigenvalue weighted by molar-refractivity contribution is 0.0303. The van der Waals surface area contributed by atoms with E-state index in [1.807, 2.05) is 33.9 Å². The second-order valence-corrected chi connectivity index (χ2v) is 8.01. The lowest BCUT2D eigenvalue weighted by atomic mass is 10.1. The van der Waals surface area contributed by atoms with Crippen LogP contribution < -0.4 is 0 Å². The van der Waals surface area contributed by atoms with Crippen molar-refractivity contribution in [2.45, 2.75) is 26.4 Å². The Kier molecular flexibility index (Phi) is 5.87. The number of hydrogen-bond acceptors (Lipinski definition) is 5. The Morgan fingerprint density at radius 2 is 2.00 bits per heavy atom. The van der Waals surface area contributed by atoms with Gasteiger partial charge in [0.1, 0.15) is 11.5 Å². The fourth-order valence-corrected chi connectivity index (χ4v) is 4.20. The highest BCUT2D eigenvalue weighted by Gasteiger charge is 2.21. The molecule has 1 aliphatic heterocycles. The number of benzene rings is 1. The Morgan fingerprint density at radius 1 is 1.15 bits per heavy atom. The van der Waals surface area contributed by atoms with Crippen molar-refractivity contribution in [2.24, 2.45) is 0 Å². The standard InChI is InChI=1S/C24H25FN6O2/c1-2-9-31-20-15-17(24(32)29-11-13-33-14-12-29)6-7-18(20)28-22(31)16-30-10-8-26-23(30)19-4-3-5-21(25)27-19/h3-8,10,15H,2,9,11-14,16H2,1H3. The molecule has 33 heavy (non-hydrogen) atoms. The van der Waals surface area contributed by atoms with E-state index in [0.29, 0.717) is 49.9 Å². The number of morpholine rings is 1. The molecule has 3 aromatic heterocycles. The maximum atomic E-state index is 13.7. The van der Waals surface area contributed by atoms with Crippen LogP contribution in [-0.2, 0) is 17.8 Å². The summed E-state index contributed by atoms with van der Waals surface area (Å²) in [7, 11) is 0. The van der Waals surface area contributed by atoms with Gasteiger partial charge in [0.2, 0.25) is 5.95 Å². The number of hydrogen-bond donors (Lipinski definition) is 0. The van der Waals surface area contributed by atoms with E-state index in [1.54, 1.807) is 18.3 Å². The van der Waals surface area contributed by atoms with E-state index in [2.05, 4.69) is 21.5 Å². The van der Waals surface area contributed by atoms with Gasteiger partial charge in [-0.05, 0) is 36.8 Å². The molecule has 5 rings (SSSR count). The van der Waals surface area contributed by atoms with Crippen molar-refractivity contribution in [1.82, 2.24) is 29.0 Å². The minimum absolute atomic E-state index is 0.0140. The molecule has 0 aliphatic carbocycles. The highest BCUT2D eigenvalue weighted by Crippen LogP contribution is 2.23.